The predicted octanol–water partition coefficient (Wildman–Crippen LogP) is 0.221. The van der Waals surface area contributed by atoms with Crippen molar-refractivity contribution in [1.29, 1.82) is 0 Å². The zero-order valence-corrected chi connectivity index (χ0v) is 11.4. The Morgan fingerprint density at radius 1 is 1.35 bits per heavy atom. The molecule has 0 fully saturated rings. The van der Waals surface area contributed by atoms with E-state index in [2.05, 4.69) is 9.98 Å². The fourth-order valence-electron chi connectivity index (χ4n) is 1.61. The molecule has 0 bridgehead atoms. The summed E-state index contributed by atoms with van der Waals surface area (Å²) in [5.41, 5.74) is 12.0. The molecule has 5 N–H and O–H groups in total. The van der Waals surface area contributed by atoms with Gasteiger partial charge in [0.25, 0.3) is 0 Å². The van der Waals surface area contributed by atoms with Gasteiger partial charge in [-0.05, 0) is 12.1 Å². The van der Waals surface area contributed by atoms with Crippen LogP contribution in [0.5, 0.6) is 0 Å². The van der Waals surface area contributed by atoms with Crippen molar-refractivity contribution >= 4 is 41.0 Å². The standard InChI is InChI=1S/C10H13N5O.HI/c11-9(12)13-5-6-15-8-4-2-1-3-7(8)14-10(15)16;/h1-4H,5-6H2,(H,14,16)(H4,11,12,13);1H. The summed E-state index contributed by atoms with van der Waals surface area (Å²) in [6.45, 7) is 0.852. The highest BCUT2D eigenvalue weighted by Gasteiger charge is 2.04. The summed E-state index contributed by atoms with van der Waals surface area (Å²) in [7, 11) is 0. The highest BCUT2D eigenvalue weighted by molar-refractivity contribution is 14.0. The molecular formula is C10H14IN5O. The van der Waals surface area contributed by atoms with Crippen molar-refractivity contribution in [2.45, 2.75) is 6.54 Å². The van der Waals surface area contributed by atoms with E-state index in [4.69, 9.17) is 11.5 Å². The van der Waals surface area contributed by atoms with E-state index in [1.807, 2.05) is 24.3 Å². The summed E-state index contributed by atoms with van der Waals surface area (Å²) in [4.78, 5) is 18.2. The number of aromatic amines is 1. The minimum Gasteiger partial charge on any atom is -0.370 e. The number of hydrogen-bond donors (Lipinski definition) is 3. The summed E-state index contributed by atoms with van der Waals surface area (Å²) in [5, 5.41) is 0. The van der Waals surface area contributed by atoms with Gasteiger partial charge in [-0.15, -0.1) is 24.0 Å². The summed E-state index contributed by atoms with van der Waals surface area (Å²) >= 11 is 0. The van der Waals surface area contributed by atoms with Crippen molar-refractivity contribution in [3.8, 4) is 0 Å². The van der Waals surface area contributed by atoms with Gasteiger partial charge in [-0.2, -0.15) is 0 Å². The highest BCUT2D eigenvalue weighted by atomic mass is 127. The first-order valence-corrected chi connectivity index (χ1v) is 4.91. The van der Waals surface area contributed by atoms with Crippen LogP contribution in [-0.2, 0) is 6.54 Å². The summed E-state index contributed by atoms with van der Waals surface area (Å²) in [6, 6.07) is 7.49. The highest BCUT2D eigenvalue weighted by Crippen LogP contribution is 2.08. The molecule has 0 radical (unpaired) electrons. The normalized spacial score (nSPS) is 9.88. The molecule has 0 aliphatic carbocycles. The van der Waals surface area contributed by atoms with Crippen LogP contribution in [0.15, 0.2) is 34.1 Å². The van der Waals surface area contributed by atoms with Crippen LogP contribution in [0.2, 0.25) is 0 Å². The number of guanidine groups is 1. The number of aliphatic imine (C=N–C) groups is 1. The molecular weight excluding hydrogens is 333 g/mol. The Labute approximate surface area is 115 Å². The van der Waals surface area contributed by atoms with Gasteiger partial charge in [0.2, 0.25) is 0 Å². The third-order valence-corrected chi connectivity index (χ3v) is 2.30. The van der Waals surface area contributed by atoms with Crippen LogP contribution in [0.25, 0.3) is 11.0 Å². The lowest BCUT2D eigenvalue weighted by Gasteiger charge is -2.00. The molecule has 0 unspecified atom stereocenters. The van der Waals surface area contributed by atoms with Gasteiger partial charge in [-0.1, -0.05) is 12.1 Å². The van der Waals surface area contributed by atoms with Gasteiger partial charge in [0, 0.05) is 6.54 Å². The topological polar surface area (TPSA) is 102 Å². The fourth-order valence-corrected chi connectivity index (χ4v) is 1.61. The number of nitrogens with two attached hydrogens (primary N) is 2. The first-order valence-electron chi connectivity index (χ1n) is 4.91. The average molecular weight is 347 g/mol. The quantitative estimate of drug-likeness (QED) is 0.421. The third kappa shape index (κ3) is 2.99. The van der Waals surface area contributed by atoms with E-state index in [1.54, 1.807) is 4.57 Å². The van der Waals surface area contributed by atoms with Crippen molar-refractivity contribution < 1.29 is 0 Å². The van der Waals surface area contributed by atoms with Crippen molar-refractivity contribution in [3.05, 3.63) is 34.7 Å². The molecule has 2 aromatic rings. The van der Waals surface area contributed by atoms with E-state index in [1.165, 1.54) is 0 Å². The zero-order valence-electron chi connectivity index (χ0n) is 9.09. The molecule has 0 aliphatic heterocycles. The van der Waals surface area contributed by atoms with Crippen LogP contribution in [0, 0.1) is 0 Å². The minimum absolute atomic E-state index is 0. The van der Waals surface area contributed by atoms with E-state index in [9.17, 15) is 4.79 Å². The fraction of sp³-hybridized carbons (Fsp3) is 0.200. The Balaban J connectivity index is 0.00000144. The Morgan fingerprint density at radius 2 is 2.06 bits per heavy atom. The molecule has 6 nitrogen and oxygen atoms in total. The number of halogens is 1. The van der Waals surface area contributed by atoms with Crippen molar-refractivity contribution in [2.75, 3.05) is 6.54 Å². The van der Waals surface area contributed by atoms with Gasteiger partial charge in [0.05, 0.1) is 17.6 Å². The molecule has 0 aliphatic rings. The van der Waals surface area contributed by atoms with E-state index in [-0.39, 0.29) is 35.6 Å². The molecule has 0 saturated carbocycles. The van der Waals surface area contributed by atoms with Gasteiger partial charge in [0.1, 0.15) is 0 Å². The number of rotatable bonds is 3. The maximum absolute atomic E-state index is 11.6. The van der Waals surface area contributed by atoms with Crippen LogP contribution in [0.1, 0.15) is 0 Å². The molecule has 0 saturated heterocycles. The Bertz CT molecular complexity index is 582. The number of aromatic nitrogens is 2. The van der Waals surface area contributed by atoms with Gasteiger partial charge >= 0.3 is 5.69 Å². The number of hydrogen-bond acceptors (Lipinski definition) is 2. The zero-order chi connectivity index (χ0) is 11.5. The van der Waals surface area contributed by atoms with Crippen LogP contribution >= 0.6 is 24.0 Å². The summed E-state index contributed by atoms with van der Waals surface area (Å²) < 4.78 is 1.61. The second kappa shape index (κ2) is 5.71. The van der Waals surface area contributed by atoms with Gasteiger partial charge in [-0.25, -0.2) is 4.79 Å². The molecule has 1 heterocycles. The maximum Gasteiger partial charge on any atom is 0.326 e. The maximum atomic E-state index is 11.6. The molecule has 7 heteroatoms. The van der Waals surface area contributed by atoms with Crippen LogP contribution in [-0.4, -0.2) is 22.1 Å². The van der Waals surface area contributed by atoms with Crippen molar-refractivity contribution in [2.24, 2.45) is 16.5 Å². The monoisotopic (exact) mass is 347 g/mol. The number of nitrogens with one attached hydrogen (secondary N) is 1. The average Bonchev–Trinajstić information content (AvgIpc) is 2.55. The first kappa shape index (κ1) is 13.6. The number of imidazole rings is 1. The van der Waals surface area contributed by atoms with Crippen LogP contribution in [0.4, 0.5) is 0 Å². The van der Waals surface area contributed by atoms with E-state index in [0.29, 0.717) is 13.1 Å². The minimum atomic E-state index is -0.146. The molecule has 17 heavy (non-hydrogen) atoms. The largest absolute Gasteiger partial charge is 0.370 e. The SMILES string of the molecule is I.NC(N)=NCCn1c(=O)[nH]c2ccccc21. The number of fused-ring (bicyclic) bond motifs is 1. The lowest BCUT2D eigenvalue weighted by Crippen LogP contribution is -2.24. The first-order chi connectivity index (χ1) is 7.68. The Kier molecular flexibility index (Phi) is 4.55. The smallest absolute Gasteiger partial charge is 0.326 e. The summed E-state index contributed by atoms with van der Waals surface area (Å²) in [5.74, 6) is 0.0351. The molecule has 92 valence electrons. The summed E-state index contributed by atoms with van der Waals surface area (Å²) in [6.07, 6.45) is 0. The van der Waals surface area contributed by atoms with E-state index >= 15 is 0 Å². The number of nitrogens with zero attached hydrogens (tertiary/aromatic N) is 2. The molecule has 1 aromatic heterocycles. The van der Waals surface area contributed by atoms with E-state index < -0.39 is 0 Å². The lowest BCUT2D eigenvalue weighted by atomic mass is 10.3. The lowest BCUT2D eigenvalue weighted by molar-refractivity contribution is 0.703. The van der Waals surface area contributed by atoms with E-state index in [0.717, 1.165) is 11.0 Å². The third-order valence-electron chi connectivity index (χ3n) is 2.30. The van der Waals surface area contributed by atoms with Crippen molar-refractivity contribution in [1.82, 2.24) is 9.55 Å². The molecule has 2 rings (SSSR count). The molecule has 0 spiro atoms. The molecule has 0 atom stereocenters. The van der Waals surface area contributed by atoms with Crippen LogP contribution < -0.4 is 17.2 Å². The molecule has 0 amide bonds. The van der Waals surface area contributed by atoms with Crippen LogP contribution in [0.3, 0.4) is 0 Å². The van der Waals surface area contributed by atoms with Crippen molar-refractivity contribution in [3.63, 3.8) is 0 Å². The molecule has 1 aromatic carbocycles. The second-order valence-electron chi connectivity index (χ2n) is 3.41. The number of H-pyrrole nitrogens is 1. The predicted molar refractivity (Wildman–Crippen MR) is 78.7 cm³/mol. The number of para-hydroxylation sites is 2. The van der Waals surface area contributed by atoms with Gasteiger partial charge in [0.15, 0.2) is 5.96 Å². The second-order valence-corrected chi connectivity index (χ2v) is 3.41. The van der Waals surface area contributed by atoms with Gasteiger partial charge < -0.3 is 16.5 Å². The number of benzene rings is 1. The Morgan fingerprint density at radius 3 is 2.76 bits per heavy atom. The van der Waals surface area contributed by atoms with Gasteiger partial charge in [-0.3, -0.25) is 9.56 Å². The Hall–Kier alpha value is -1.51.